The highest BCUT2D eigenvalue weighted by atomic mass is 33.1. The van der Waals surface area contributed by atoms with Crippen molar-refractivity contribution >= 4 is 21.6 Å². The fourth-order valence-electron chi connectivity index (χ4n) is 1.65. The van der Waals surface area contributed by atoms with Crippen molar-refractivity contribution < 1.29 is 9.84 Å². The molecule has 1 N–H and O–H groups in total. The molecule has 0 fully saturated rings. The Kier molecular flexibility index (Phi) is 5.19. The number of aryl methyl sites for hydroxylation is 1. The van der Waals surface area contributed by atoms with Gasteiger partial charge in [-0.25, -0.2) is 0 Å². The summed E-state index contributed by atoms with van der Waals surface area (Å²) in [4.78, 5) is 2.17. The predicted octanol–water partition coefficient (Wildman–Crippen LogP) is 4.30. The van der Waals surface area contributed by atoms with Gasteiger partial charge in [0.15, 0.2) is 0 Å². The molecule has 19 heavy (non-hydrogen) atoms. The Labute approximate surface area is 121 Å². The quantitative estimate of drug-likeness (QED) is 0.832. The van der Waals surface area contributed by atoms with Crippen LogP contribution < -0.4 is 4.74 Å². The second-order valence-electron chi connectivity index (χ2n) is 4.09. The van der Waals surface area contributed by atoms with Crippen molar-refractivity contribution in [2.45, 2.75) is 23.3 Å². The van der Waals surface area contributed by atoms with Crippen LogP contribution in [0.5, 0.6) is 5.75 Å². The van der Waals surface area contributed by atoms with Gasteiger partial charge in [0.25, 0.3) is 0 Å². The van der Waals surface area contributed by atoms with Crippen LogP contribution in [0.25, 0.3) is 0 Å². The summed E-state index contributed by atoms with van der Waals surface area (Å²) >= 11 is 0. The van der Waals surface area contributed by atoms with Crippen molar-refractivity contribution in [1.29, 1.82) is 0 Å². The SMILES string of the molecule is COc1cc(C)ccc1SSc1ccccc1CO. The van der Waals surface area contributed by atoms with E-state index in [-0.39, 0.29) is 6.61 Å². The van der Waals surface area contributed by atoms with Gasteiger partial charge < -0.3 is 9.84 Å². The number of rotatable bonds is 5. The van der Waals surface area contributed by atoms with Gasteiger partial charge in [0.05, 0.1) is 18.6 Å². The van der Waals surface area contributed by atoms with Gasteiger partial charge >= 0.3 is 0 Å². The highest BCUT2D eigenvalue weighted by Gasteiger charge is 2.07. The number of ether oxygens (including phenoxy) is 1. The maximum Gasteiger partial charge on any atom is 0.133 e. The number of benzene rings is 2. The van der Waals surface area contributed by atoms with E-state index in [2.05, 4.69) is 12.1 Å². The van der Waals surface area contributed by atoms with Crippen LogP contribution >= 0.6 is 21.6 Å². The van der Waals surface area contributed by atoms with Crippen molar-refractivity contribution in [3.63, 3.8) is 0 Å². The fourth-order valence-corrected chi connectivity index (χ4v) is 3.99. The highest BCUT2D eigenvalue weighted by Crippen LogP contribution is 2.43. The van der Waals surface area contributed by atoms with Crippen LogP contribution in [0.15, 0.2) is 52.3 Å². The highest BCUT2D eigenvalue weighted by molar-refractivity contribution is 8.76. The Balaban J connectivity index is 2.14. The van der Waals surface area contributed by atoms with E-state index in [0.29, 0.717) is 0 Å². The number of aliphatic hydroxyl groups excluding tert-OH is 1. The molecule has 0 bridgehead atoms. The Morgan fingerprint density at radius 3 is 2.53 bits per heavy atom. The van der Waals surface area contributed by atoms with Crippen LogP contribution in [0.2, 0.25) is 0 Å². The Morgan fingerprint density at radius 2 is 1.79 bits per heavy atom. The molecule has 0 saturated heterocycles. The summed E-state index contributed by atoms with van der Waals surface area (Å²) in [5.41, 5.74) is 2.13. The molecule has 0 spiro atoms. The Morgan fingerprint density at radius 1 is 1.05 bits per heavy atom. The van der Waals surface area contributed by atoms with E-state index in [1.54, 1.807) is 28.7 Å². The second kappa shape index (κ2) is 6.89. The van der Waals surface area contributed by atoms with Crippen LogP contribution in [0.3, 0.4) is 0 Å². The minimum absolute atomic E-state index is 0.0643. The van der Waals surface area contributed by atoms with Gasteiger partial charge in [-0.05, 0) is 47.0 Å². The molecule has 0 aliphatic carbocycles. The monoisotopic (exact) mass is 292 g/mol. The van der Waals surface area contributed by atoms with Crippen molar-refractivity contribution in [2.75, 3.05) is 7.11 Å². The molecule has 0 saturated carbocycles. The Bertz CT molecular complexity index is 556. The summed E-state index contributed by atoms with van der Waals surface area (Å²) in [6.45, 7) is 2.11. The van der Waals surface area contributed by atoms with Crippen LogP contribution in [-0.2, 0) is 6.61 Å². The molecule has 2 nitrogen and oxygen atoms in total. The van der Waals surface area contributed by atoms with E-state index < -0.39 is 0 Å². The van der Waals surface area contributed by atoms with Gasteiger partial charge in [0, 0.05) is 4.90 Å². The molecule has 4 heteroatoms. The molecule has 2 rings (SSSR count). The average molecular weight is 292 g/mol. The standard InChI is InChI=1S/C15H16O2S2/c1-11-7-8-15(13(9-11)17-2)19-18-14-6-4-3-5-12(14)10-16/h3-9,16H,10H2,1-2H3. The first-order valence-corrected chi connectivity index (χ1v) is 8.07. The van der Waals surface area contributed by atoms with E-state index in [1.807, 2.05) is 37.3 Å². The molecular weight excluding hydrogens is 276 g/mol. The van der Waals surface area contributed by atoms with Crippen LogP contribution in [0, 0.1) is 6.92 Å². The number of hydrogen-bond donors (Lipinski definition) is 1. The van der Waals surface area contributed by atoms with E-state index in [4.69, 9.17) is 4.74 Å². The van der Waals surface area contributed by atoms with Gasteiger partial charge in [-0.1, -0.05) is 35.1 Å². The van der Waals surface area contributed by atoms with E-state index >= 15 is 0 Å². The van der Waals surface area contributed by atoms with Gasteiger partial charge in [-0.15, -0.1) is 0 Å². The molecule has 100 valence electrons. The number of aliphatic hydroxyl groups is 1. The van der Waals surface area contributed by atoms with Crippen LogP contribution in [-0.4, -0.2) is 12.2 Å². The third kappa shape index (κ3) is 3.69. The molecule has 0 heterocycles. The minimum atomic E-state index is 0.0643. The lowest BCUT2D eigenvalue weighted by atomic mass is 10.2. The lowest BCUT2D eigenvalue weighted by Crippen LogP contribution is -1.87. The topological polar surface area (TPSA) is 29.5 Å². The van der Waals surface area contributed by atoms with Crippen molar-refractivity contribution in [3.05, 3.63) is 53.6 Å². The molecule has 0 unspecified atom stereocenters. The third-order valence-corrected chi connectivity index (χ3v) is 5.19. The van der Waals surface area contributed by atoms with Gasteiger partial charge in [-0.3, -0.25) is 0 Å². The molecule has 2 aromatic rings. The molecular formula is C15H16O2S2. The van der Waals surface area contributed by atoms with Gasteiger partial charge in [-0.2, -0.15) is 0 Å². The maximum atomic E-state index is 9.31. The van der Waals surface area contributed by atoms with Gasteiger partial charge in [0.2, 0.25) is 0 Å². The zero-order valence-electron chi connectivity index (χ0n) is 10.9. The second-order valence-corrected chi connectivity index (χ2v) is 6.30. The summed E-state index contributed by atoms with van der Waals surface area (Å²) in [6.07, 6.45) is 0. The lowest BCUT2D eigenvalue weighted by Gasteiger charge is -2.10. The first kappa shape index (κ1) is 14.3. The Hall–Kier alpha value is -1.10. The number of hydrogen-bond acceptors (Lipinski definition) is 4. The van der Waals surface area contributed by atoms with Crippen LogP contribution in [0.4, 0.5) is 0 Å². The lowest BCUT2D eigenvalue weighted by molar-refractivity contribution is 0.279. The normalized spacial score (nSPS) is 10.5. The maximum absolute atomic E-state index is 9.31. The minimum Gasteiger partial charge on any atom is -0.496 e. The summed E-state index contributed by atoms with van der Waals surface area (Å²) < 4.78 is 5.39. The van der Waals surface area contributed by atoms with E-state index in [9.17, 15) is 5.11 Å². The molecule has 0 aliphatic rings. The summed E-state index contributed by atoms with van der Waals surface area (Å²) in [5, 5.41) is 9.31. The van der Waals surface area contributed by atoms with Crippen LogP contribution in [0.1, 0.15) is 11.1 Å². The molecule has 2 aromatic carbocycles. The zero-order valence-corrected chi connectivity index (χ0v) is 12.6. The summed E-state index contributed by atoms with van der Waals surface area (Å²) in [6, 6.07) is 14.0. The zero-order chi connectivity index (χ0) is 13.7. The van der Waals surface area contributed by atoms with Crippen molar-refractivity contribution in [3.8, 4) is 5.75 Å². The van der Waals surface area contributed by atoms with Crippen molar-refractivity contribution in [2.24, 2.45) is 0 Å². The first-order valence-electron chi connectivity index (χ1n) is 5.92. The van der Waals surface area contributed by atoms with E-state index in [0.717, 1.165) is 21.1 Å². The molecule has 0 aromatic heterocycles. The number of methoxy groups -OCH3 is 1. The third-order valence-electron chi connectivity index (χ3n) is 2.68. The molecule has 0 amide bonds. The molecule has 0 atom stereocenters. The fraction of sp³-hybridized carbons (Fsp3) is 0.200. The average Bonchev–Trinajstić information content (AvgIpc) is 2.46. The smallest absolute Gasteiger partial charge is 0.133 e. The molecule has 0 radical (unpaired) electrons. The first-order chi connectivity index (χ1) is 9.24. The van der Waals surface area contributed by atoms with Gasteiger partial charge in [0.1, 0.15) is 5.75 Å². The van der Waals surface area contributed by atoms with Crippen molar-refractivity contribution in [1.82, 2.24) is 0 Å². The largest absolute Gasteiger partial charge is 0.496 e. The predicted molar refractivity (Wildman–Crippen MR) is 81.8 cm³/mol. The molecule has 0 aliphatic heterocycles. The van der Waals surface area contributed by atoms with E-state index in [1.165, 1.54) is 5.56 Å². The summed E-state index contributed by atoms with van der Waals surface area (Å²) in [5.74, 6) is 0.888. The summed E-state index contributed by atoms with van der Waals surface area (Å²) in [7, 11) is 4.97.